The van der Waals surface area contributed by atoms with Gasteiger partial charge in [-0.3, -0.25) is 0 Å². The zero-order chi connectivity index (χ0) is 15.4. The third-order valence-electron chi connectivity index (χ3n) is 2.92. The molecule has 0 radical (unpaired) electrons. The van der Waals surface area contributed by atoms with Crippen LogP contribution in [0.2, 0.25) is 0 Å². The molecule has 21 heavy (non-hydrogen) atoms. The number of carbonyl (C=O) groups is 1. The largest absolute Gasteiger partial charge is 0.495 e. The number of aliphatic carboxylic acids is 1. The molecule has 110 valence electrons. The number of hydrogen-bond acceptors (Lipinski definition) is 3. The Morgan fingerprint density at radius 3 is 2.71 bits per heavy atom. The lowest BCUT2D eigenvalue weighted by Gasteiger charge is -2.18. The summed E-state index contributed by atoms with van der Waals surface area (Å²) >= 11 is 3.22. The van der Waals surface area contributed by atoms with Crippen molar-refractivity contribution in [2.45, 2.75) is 6.04 Å². The van der Waals surface area contributed by atoms with Gasteiger partial charge < -0.3 is 15.2 Å². The van der Waals surface area contributed by atoms with Crippen molar-refractivity contribution in [3.8, 4) is 5.75 Å². The predicted molar refractivity (Wildman–Crippen MR) is 81.1 cm³/mol. The molecule has 2 rings (SSSR count). The molecule has 2 aromatic carbocycles. The number of nitrogens with one attached hydrogen (secondary N) is 1. The first kappa shape index (κ1) is 15.3. The number of benzene rings is 2. The monoisotopic (exact) mass is 353 g/mol. The van der Waals surface area contributed by atoms with Crippen molar-refractivity contribution in [1.29, 1.82) is 0 Å². The molecule has 0 heterocycles. The molecule has 0 saturated heterocycles. The minimum Gasteiger partial charge on any atom is -0.495 e. The first-order valence-electron chi connectivity index (χ1n) is 6.10. The Hall–Kier alpha value is -2.08. The number of methoxy groups -OCH3 is 1. The number of halogens is 2. The molecule has 0 bridgehead atoms. The Kier molecular flexibility index (Phi) is 4.80. The van der Waals surface area contributed by atoms with E-state index in [-0.39, 0.29) is 5.56 Å². The third kappa shape index (κ3) is 3.52. The van der Waals surface area contributed by atoms with Gasteiger partial charge in [-0.2, -0.15) is 0 Å². The Balaban J connectivity index is 2.40. The van der Waals surface area contributed by atoms with Crippen LogP contribution in [0.25, 0.3) is 0 Å². The number of rotatable bonds is 5. The number of para-hydroxylation sites is 2. The van der Waals surface area contributed by atoms with Gasteiger partial charge in [0, 0.05) is 10.0 Å². The highest BCUT2D eigenvalue weighted by Crippen LogP contribution is 2.30. The molecule has 0 amide bonds. The smallest absolute Gasteiger partial charge is 0.330 e. The summed E-state index contributed by atoms with van der Waals surface area (Å²) in [7, 11) is 1.48. The summed E-state index contributed by atoms with van der Waals surface area (Å²) in [5.41, 5.74) is 0.523. The van der Waals surface area contributed by atoms with Crippen LogP contribution in [0.4, 0.5) is 10.1 Å². The summed E-state index contributed by atoms with van der Waals surface area (Å²) in [4.78, 5) is 11.5. The molecular formula is C15H13BrFNO3. The van der Waals surface area contributed by atoms with E-state index in [1.54, 1.807) is 24.3 Å². The Labute approximate surface area is 129 Å². The van der Waals surface area contributed by atoms with Gasteiger partial charge in [-0.1, -0.05) is 28.1 Å². The molecule has 0 aliphatic carbocycles. The van der Waals surface area contributed by atoms with Crippen LogP contribution in [-0.2, 0) is 4.79 Å². The lowest BCUT2D eigenvalue weighted by Crippen LogP contribution is -2.22. The Morgan fingerprint density at radius 2 is 2.05 bits per heavy atom. The molecule has 0 saturated carbocycles. The molecule has 6 heteroatoms. The normalized spacial score (nSPS) is 11.8. The second kappa shape index (κ2) is 6.58. The van der Waals surface area contributed by atoms with Gasteiger partial charge in [0.05, 0.1) is 12.8 Å². The van der Waals surface area contributed by atoms with Gasteiger partial charge in [0.15, 0.2) is 6.04 Å². The molecule has 0 aromatic heterocycles. The van der Waals surface area contributed by atoms with Crippen LogP contribution < -0.4 is 10.1 Å². The van der Waals surface area contributed by atoms with Gasteiger partial charge >= 0.3 is 5.97 Å². The molecule has 2 aromatic rings. The highest BCUT2D eigenvalue weighted by molar-refractivity contribution is 9.10. The van der Waals surface area contributed by atoms with E-state index < -0.39 is 17.8 Å². The lowest BCUT2D eigenvalue weighted by atomic mass is 10.1. The first-order chi connectivity index (χ1) is 10.0. The van der Waals surface area contributed by atoms with Gasteiger partial charge in [-0.25, -0.2) is 9.18 Å². The van der Waals surface area contributed by atoms with Crippen molar-refractivity contribution < 1.29 is 19.0 Å². The molecule has 2 N–H and O–H groups in total. The fraction of sp³-hybridized carbons (Fsp3) is 0.133. The summed E-state index contributed by atoms with van der Waals surface area (Å²) in [5, 5.41) is 12.2. The second-order valence-electron chi connectivity index (χ2n) is 4.28. The molecule has 1 atom stereocenters. The van der Waals surface area contributed by atoms with Crippen LogP contribution in [0.3, 0.4) is 0 Å². The summed E-state index contributed by atoms with van der Waals surface area (Å²) in [5.74, 6) is -1.29. The predicted octanol–water partition coefficient (Wildman–Crippen LogP) is 3.83. The molecule has 0 aliphatic rings. The van der Waals surface area contributed by atoms with E-state index in [0.29, 0.717) is 15.9 Å². The van der Waals surface area contributed by atoms with Gasteiger partial charge in [-0.15, -0.1) is 0 Å². The third-order valence-corrected chi connectivity index (χ3v) is 3.42. The van der Waals surface area contributed by atoms with E-state index >= 15 is 0 Å². The maximum atomic E-state index is 13.9. The van der Waals surface area contributed by atoms with Crippen LogP contribution in [0, 0.1) is 5.82 Å². The maximum Gasteiger partial charge on any atom is 0.330 e. The summed E-state index contributed by atoms with van der Waals surface area (Å²) < 4.78 is 19.7. The van der Waals surface area contributed by atoms with Crippen LogP contribution in [-0.4, -0.2) is 18.2 Å². The van der Waals surface area contributed by atoms with Crippen molar-refractivity contribution >= 4 is 27.6 Å². The van der Waals surface area contributed by atoms with Gasteiger partial charge in [0.25, 0.3) is 0 Å². The van der Waals surface area contributed by atoms with Gasteiger partial charge in [0.2, 0.25) is 0 Å². The zero-order valence-corrected chi connectivity index (χ0v) is 12.7. The van der Waals surface area contributed by atoms with Crippen LogP contribution in [0.1, 0.15) is 11.6 Å². The van der Waals surface area contributed by atoms with Crippen LogP contribution in [0.15, 0.2) is 46.9 Å². The van der Waals surface area contributed by atoms with Crippen molar-refractivity contribution in [3.05, 3.63) is 58.3 Å². The molecule has 0 spiro atoms. The molecular weight excluding hydrogens is 341 g/mol. The average molecular weight is 354 g/mol. The zero-order valence-electron chi connectivity index (χ0n) is 11.1. The first-order valence-corrected chi connectivity index (χ1v) is 6.89. The minimum atomic E-state index is -1.22. The fourth-order valence-corrected chi connectivity index (χ4v) is 2.31. The topological polar surface area (TPSA) is 58.6 Å². The highest BCUT2D eigenvalue weighted by Gasteiger charge is 2.24. The number of hydrogen-bond donors (Lipinski definition) is 2. The Bertz CT molecular complexity index is 663. The molecule has 4 nitrogen and oxygen atoms in total. The Morgan fingerprint density at radius 1 is 1.33 bits per heavy atom. The van der Waals surface area contributed by atoms with E-state index in [2.05, 4.69) is 21.2 Å². The average Bonchev–Trinajstić information content (AvgIpc) is 2.47. The highest BCUT2D eigenvalue weighted by atomic mass is 79.9. The quantitative estimate of drug-likeness (QED) is 0.857. The van der Waals surface area contributed by atoms with Crippen molar-refractivity contribution in [3.63, 3.8) is 0 Å². The van der Waals surface area contributed by atoms with Crippen molar-refractivity contribution in [2.75, 3.05) is 12.4 Å². The van der Waals surface area contributed by atoms with E-state index in [1.165, 1.54) is 25.3 Å². The van der Waals surface area contributed by atoms with Crippen LogP contribution >= 0.6 is 15.9 Å². The van der Waals surface area contributed by atoms with Crippen LogP contribution in [0.5, 0.6) is 5.75 Å². The van der Waals surface area contributed by atoms with Gasteiger partial charge in [0.1, 0.15) is 11.6 Å². The summed E-state index contributed by atoms with van der Waals surface area (Å²) in [6, 6.07) is 9.82. The van der Waals surface area contributed by atoms with Crippen molar-refractivity contribution in [2.24, 2.45) is 0 Å². The van der Waals surface area contributed by atoms with Gasteiger partial charge in [-0.05, 0) is 30.3 Å². The lowest BCUT2D eigenvalue weighted by molar-refractivity contribution is -0.138. The minimum absolute atomic E-state index is 0.0442. The second-order valence-corrected chi connectivity index (χ2v) is 5.20. The van der Waals surface area contributed by atoms with Crippen molar-refractivity contribution in [1.82, 2.24) is 0 Å². The number of ether oxygens (including phenoxy) is 1. The van der Waals surface area contributed by atoms with E-state index in [9.17, 15) is 14.3 Å². The van der Waals surface area contributed by atoms with E-state index in [0.717, 1.165) is 0 Å². The number of anilines is 1. The number of carboxylic acid groups (broad SMARTS) is 1. The number of carboxylic acids is 1. The fourth-order valence-electron chi connectivity index (χ4n) is 1.93. The molecule has 0 fully saturated rings. The molecule has 0 aliphatic heterocycles. The standard InChI is InChI=1S/C15H13BrFNO3/c1-21-13-5-3-2-4-12(13)18-14(15(19)20)10-8-9(16)6-7-11(10)17/h2-8,14,18H,1H3,(H,19,20). The maximum absolute atomic E-state index is 13.9. The summed E-state index contributed by atoms with van der Waals surface area (Å²) in [6.07, 6.45) is 0. The van der Waals surface area contributed by atoms with E-state index in [1.807, 2.05) is 0 Å². The molecule has 1 unspecified atom stereocenters. The SMILES string of the molecule is COc1ccccc1NC(C(=O)O)c1cc(Br)ccc1F. The summed E-state index contributed by atoms with van der Waals surface area (Å²) in [6.45, 7) is 0. The van der Waals surface area contributed by atoms with E-state index in [4.69, 9.17) is 4.74 Å².